The zero-order valence-corrected chi connectivity index (χ0v) is 60.0. The second kappa shape index (κ2) is 77.8. The number of amides is 1. The van der Waals surface area contributed by atoms with Gasteiger partial charge in [0.05, 0.1) is 25.4 Å². The van der Waals surface area contributed by atoms with Crippen LogP contribution in [-0.4, -0.2) is 47.4 Å². The fraction of sp³-hybridized carbons (Fsp3) is 0.927. The Bertz CT molecular complexity index is 1380. The van der Waals surface area contributed by atoms with Crippen LogP contribution in [-0.2, 0) is 14.3 Å². The second-order valence-electron chi connectivity index (χ2n) is 28.1. The minimum atomic E-state index is -0.662. The highest BCUT2D eigenvalue weighted by atomic mass is 16.5. The monoisotopic (exact) mass is 1240 g/mol. The molecule has 0 bridgehead atoms. The van der Waals surface area contributed by atoms with Crippen LogP contribution in [0, 0.1) is 0 Å². The number of hydrogen-bond acceptors (Lipinski definition) is 5. The largest absolute Gasteiger partial charge is 0.466 e. The van der Waals surface area contributed by atoms with Gasteiger partial charge in [-0.3, -0.25) is 9.59 Å². The van der Waals surface area contributed by atoms with Gasteiger partial charge in [0.25, 0.3) is 0 Å². The van der Waals surface area contributed by atoms with Crippen molar-refractivity contribution in [2.24, 2.45) is 0 Å². The van der Waals surface area contributed by atoms with Gasteiger partial charge in [-0.05, 0) is 57.8 Å². The van der Waals surface area contributed by atoms with Crippen molar-refractivity contribution in [3.05, 3.63) is 24.3 Å². The number of aliphatic hydroxyl groups excluding tert-OH is 2. The molecule has 1 amide bonds. The summed E-state index contributed by atoms with van der Waals surface area (Å²) in [6.07, 6.45) is 100.0. The SMILES string of the molecule is CCCCCCCCCCCCCCCCCCCCC(=O)OCCCCCCCCCCCCCCC/C=C\C/C=C\CCCCCCCCCCCCCCCCCCCC(=O)NC(CO)C(O)CCCCCCCCCCCCCCCCCC. The van der Waals surface area contributed by atoms with Crippen molar-refractivity contribution in [3.8, 4) is 0 Å². The normalized spacial score (nSPS) is 12.5. The predicted octanol–water partition coefficient (Wildman–Crippen LogP) is 26.8. The molecule has 0 spiro atoms. The Labute approximate surface area is 551 Å². The van der Waals surface area contributed by atoms with Gasteiger partial charge in [0.1, 0.15) is 0 Å². The van der Waals surface area contributed by atoms with Crippen molar-refractivity contribution in [1.82, 2.24) is 5.32 Å². The lowest BCUT2D eigenvalue weighted by Crippen LogP contribution is -2.45. The van der Waals surface area contributed by atoms with Crippen LogP contribution in [0.3, 0.4) is 0 Å². The molecule has 0 rings (SSSR count). The highest BCUT2D eigenvalue weighted by Gasteiger charge is 2.20. The van der Waals surface area contributed by atoms with E-state index in [0.717, 1.165) is 44.9 Å². The summed E-state index contributed by atoms with van der Waals surface area (Å²) in [6, 6.07) is -0.539. The third kappa shape index (κ3) is 73.4. The van der Waals surface area contributed by atoms with E-state index < -0.39 is 12.1 Å². The van der Waals surface area contributed by atoms with Crippen molar-refractivity contribution in [2.75, 3.05) is 13.2 Å². The summed E-state index contributed by atoms with van der Waals surface area (Å²) in [5.74, 6) is -0.00403. The van der Waals surface area contributed by atoms with Crippen molar-refractivity contribution in [2.45, 2.75) is 475 Å². The third-order valence-electron chi connectivity index (χ3n) is 19.3. The quantitative estimate of drug-likeness (QED) is 0.0320. The number of rotatable bonds is 77. The van der Waals surface area contributed by atoms with Gasteiger partial charge < -0.3 is 20.3 Å². The predicted molar refractivity (Wildman–Crippen MR) is 389 cm³/mol. The zero-order chi connectivity index (χ0) is 63.5. The fourth-order valence-electron chi connectivity index (χ4n) is 13.1. The number of unbranched alkanes of at least 4 members (excludes halogenated alkanes) is 62. The van der Waals surface area contributed by atoms with Gasteiger partial charge in [-0.25, -0.2) is 0 Å². The molecule has 0 saturated heterocycles. The van der Waals surface area contributed by atoms with Crippen LogP contribution in [0.4, 0.5) is 0 Å². The van der Waals surface area contributed by atoms with E-state index in [-0.39, 0.29) is 18.5 Å². The molecule has 2 atom stereocenters. The topological polar surface area (TPSA) is 95.9 Å². The molecule has 6 nitrogen and oxygen atoms in total. The summed E-state index contributed by atoms with van der Waals surface area (Å²) in [5.41, 5.74) is 0. The minimum absolute atomic E-state index is 0.0242. The van der Waals surface area contributed by atoms with Crippen LogP contribution in [0.5, 0.6) is 0 Å². The molecule has 0 fully saturated rings. The molecule has 0 aromatic rings. The van der Waals surface area contributed by atoms with Crippen molar-refractivity contribution in [1.29, 1.82) is 0 Å². The Morgan fingerprint density at radius 2 is 0.568 bits per heavy atom. The number of hydrogen-bond donors (Lipinski definition) is 3. The first-order valence-corrected chi connectivity index (χ1v) is 40.6. The van der Waals surface area contributed by atoms with Gasteiger partial charge in [-0.2, -0.15) is 0 Å². The summed E-state index contributed by atoms with van der Waals surface area (Å²) in [4.78, 5) is 24.7. The number of allylic oxidation sites excluding steroid dienone is 4. The van der Waals surface area contributed by atoms with Crippen molar-refractivity contribution in [3.63, 3.8) is 0 Å². The van der Waals surface area contributed by atoms with Crippen molar-refractivity contribution < 1.29 is 24.5 Å². The first-order valence-electron chi connectivity index (χ1n) is 40.6. The van der Waals surface area contributed by atoms with E-state index in [4.69, 9.17) is 4.74 Å². The standard InChI is InChI=1S/C82H159NO5/c1-3-5-7-9-11-13-15-17-19-21-44-48-52-56-60-64-68-72-76-82(87)88-77-73-69-65-61-57-53-49-45-42-40-38-36-34-32-30-28-26-24-22-23-25-27-29-31-33-35-37-39-41-43-47-51-55-59-63-67-71-75-81(86)83-79(78-84)80(85)74-70-66-62-58-54-50-46-20-18-16-14-12-10-8-6-4-2/h22,24,28,30,79-80,84-85H,3-21,23,25-27,29,31-78H2,1-2H3,(H,83,86)/b24-22-,30-28-. The lowest BCUT2D eigenvalue weighted by molar-refractivity contribution is -0.143. The summed E-state index contributed by atoms with van der Waals surface area (Å²) < 4.78 is 5.52. The third-order valence-corrected chi connectivity index (χ3v) is 19.3. The molecule has 0 saturated carbocycles. The molecule has 0 radical (unpaired) electrons. The number of aliphatic hydroxyl groups is 2. The molecule has 0 heterocycles. The van der Waals surface area contributed by atoms with E-state index in [1.165, 1.54) is 385 Å². The molecule has 0 aliphatic carbocycles. The molecule has 0 aliphatic rings. The van der Waals surface area contributed by atoms with Gasteiger partial charge in [0.15, 0.2) is 0 Å². The van der Waals surface area contributed by atoms with Crippen LogP contribution < -0.4 is 5.32 Å². The molecule has 0 aliphatic heterocycles. The Balaban J connectivity index is 3.34. The average molecular weight is 1240 g/mol. The maximum absolute atomic E-state index is 12.5. The molecular formula is C82H159NO5. The molecule has 88 heavy (non-hydrogen) atoms. The van der Waals surface area contributed by atoms with Gasteiger partial charge in [-0.15, -0.1) is 0 Å². The number of carbonyl (C=O) groups excluding carboxylic acids is 2. The number of nitrogens with one attached hydrogen (secondary N) is 1. The minimum Gasteiger partial charge on any atom is -0.466 e. The van der Waals surface area contributed by atoms with E-state index in [1.54, 1.807) is 0 Å². The number of esters is 1. The molecule has 522 valence electrons. The van der Waals surface area contributed by atoms with Crippen LogP contribution >= 0.6 is 0 Å². The maximum Gasteiger partial charge on any atom is 0.305 e. The molecular weight excluding hydrogens is 1080 g/mol. The molecule has 3 N–H and O–H groups in total. The number of carbonyl (C=O) groups is 2. The van der Waals surface area contributed by atoms with E-state index in [2.05, 4.69) is 43.5 Å². The van der Waals surface area contributed by atoms with Crippen molar-refractivity contribution >= 4 is 11.9 Å². The lowest BCUT2D eigenvalue weighted by Gasteiger charge is -2.22. The summed E-state index contributed by atoms with van der Waals surface area (Å²) in [6.45, 7) is 5.01. The van der Waals surface area contributed by atoms with Gasteiger partial charge >= 0.3 is 5.97 Å². The smallest absolute Gasteiger partial charge is 0.305 e. The van der Waals surface area contributed by atoms with Crippen LogP contribution in [0.25, 0.3) is 0 Å². The van der Waals surface area contributed by atoms with E-state index in [1.807, 2.05) is 0 Å². The zero-order valence-electron chi connectivity index (χ0n) is 60.0. The molecule has 2 unspecified atom stereocenters. The van der Waals surface area contributed by atoms with Gasteiger partial charge in [-0.1, -0.05) is 417 Å². The fourth-order valence-corrected chi connectivity index (χ4v) is 13.1. The van der Waals surface area contributed by atoms with Gasteiger partial charge in [0.2, 0.25) is 5.91 Å². The van der Waals surface area contributed by atoms with E-state index >= 15 is 0 Å². The van der Waals surface area contributed by atoms with E-state index in [9.17, 15) is 19.8 Å². The highest BCUT2D eigenvalue weighted by molar-refractivity contribution is 5.76. The molecule has 0 aromatic heterocycles. The van der Waals surface area contributed by atoms with Crippen LogP contribution in [0.2, 0.25) is 0 Å². The average Bonchev–Trinajstić information content (AvgIpc) is 3.59. The summed E-state index contributed by atoms with van der Waals surface area (Å²) in [5, 5.41) is 23.4. The number of ether oxygens (including phenoxy) is 1. The Morgan fingerprint density at radius 3 is 0.864 bits per heavy atom. The Kier molecular flexibility index (Phi) is 76.3. The first-order chi connectivity index (χ1) is 43.5. The van der Waals surface area contributed by atoms with Gasteiger partial charge in [0, 0.05) is 12.8 Å². The lowest BCUT2D eigenvalue weighted by atomic mass is 10.0. The summed E-state index contributed by atoms with van der Waals surface area (Å²) >= 11 is 0. The van der Waals surface area contributed by atoms with Crippen LogP contribution in [0.15, 0.2) is 24.3 Å². The highest BCUT2D eigenvalue weighted by Crippen LogP contribution is 2.20. The van der Waals surface area contributed by atoms with E-state index in [0.29, 0.717) is 25.9 Å². The maximum atomic E-state index is 12.5. The Hall–Kier alpha value is -1.66. The summed E-state index contributed by atoms with van der Waals surface area (Å²) in [7, 11) is 0. The second-order valence-corrected chi connectivity index (χ2v) is 28.1. The molecule has 6 heteroatoms. The first kappa shape index (κ1) is 86.3. The molecule has 0 aromatic carbocycles. The Morgan fingerprint density at radius 1 is 0.318 bits per heavy atom. The van der Waals surface area contributed by atoms with Crippen LogP contribution in [0.1, 0.15) is 463 Å².